The number of aromatic nitrogens is 2. The van der Waals surface area contributed by atoms with Gasteiger partial charge in [0.1, 0.15) is 17.3 Å². The van der Waals surface area contributed by atoms with Gasteiger partial charge in [-0.15, -0.1) is 11.3 Å². The van der Waals surface area contributed by atoms with E-state index in [-0.39, 0.29) is 35.8 Å². The fourth-order valence-electron chi connectivity index (χ4n) is 4.60. The quantitative estimate of drug-likeness (QED) is 0.376. The molecule has 6 nitrogen and oxygen atoms in total. The minimum absolute atomic E-state index is 0.0391. The lowest BCUT2D eigenvalue weighted by atomic mass is 9.97. The number of carbonyl (C=O) groups is 2. The van der Waals surface area contributed by atoms with Gasteiger partial charge >= 0.3 is 0 Å². The number of benzene rings is 2. The zero-order valence-corrected chi connectivity index (χ0v) is 20.4. The predicted molar refractivity (Wildman–Crippen MR) is 135 cm³/mol. The average Bonchev–Trinajstić information content (AvgIpc) is 3.53. The number of nitrogens with one attached hydrogen (secondary N) is 2. The highest BCUT2D eigenvalue weighted by Crippen LogP contribution is 2.30. The molecule has 36 heavy (non-hydrogen) atoms. The Morgan fingerprint density at radius 3 is 2.61 bits per heavy atom. The van der Waals surface area contributed by atoms with Crippen LogP contribution in [0.3, 0.4) is 0 Å². The number of likely N-dealkylation sites (tertiary alicyclic amines) is 1. The van der Waals surface area contributed by atoms with Crippen LogP contribution in [0.4, 0.5) is 8.78 Å². The summed E-state index contributed by atoms with van der Waals surface area (Å²) in [5.74, 6) is -0.569. The summed E-state index contributed by atoms with van der Waals surface area (Å²) in [7, 11) is 0. The molecule has 1 aliphatic rings. The van der Waals surface area contributed by atoms with Crippen LogP contribution in [-0.2, 0) is 17.6 Å². The molecule has 3 heterocycles. The van der Waals surface area contributed by atoms with Gasteiger partial charge in [0.2, 0.25) is 5.91 Å². The van der Waals surface area contributed by atoms with Gasteiger partial charge in [-0.05, 0) is 60.7 Å². The summed E-state index contributed by atoms with van der Waals surface area (Å²) in [6.45, 7) is 1.69. The van der Waals surface area contributed by atoms with E-state index in [1.807, 2.05) is 11.1 Å². The molecule has 1 fully saturated rings. The molecular weight excluding hydrogens is 482 g/mol. The van der Waals surface area contributed by atoms with Crippen LogP contribution in [-0.4, -0.2) is 46.3 Å². The number of piperidine rings is 1. The topological polar surface area (TPSA) is 78.1 Å². The maximum atomic E-state index is 13.6. The van der Waals surface area contributed by atoms with Crippen LogP contribution in [0.15, 0.2) is 54.0 Å². The number of H-pyrrole nitrogens is 1. The lowest BCUT2D eigenvalue weighted by Crippen LogP contribution is -2.38. The Kier molecular flexibility index (Phi) is 7.09. The molecule has 0 unspecified atom stereocenters. The second-order valence-electron chi connectivity index (χ2n) is 9.04. The number of hydrogen-bond donors (Lipinski definition) is 2. The molecule has 0 aliphatic carbocycles. The molecule has 0 radical (unpaired) electrons. The zero-order valence-electron chi connectivity index (χ0n) is 19.6. The van der Waals surface area contributed by atoms with Crippen molar-refractivity contribution in [2.75, 3.05) is 19.6 Å². The standard InChI is InChI=1S/C27H26F2N4O2S/c28-20-3-1-17(2-4-20)13-25(34)33-11-8-18(9-12-33)27-32-24(16-36-27)26(35)30-10-7-19-15-31-23-6-5-21(29)14-22(19)23/h1-6,14-16,18,31H,7-13H2,(H,30,35). The second kappa shape index (κ2) is 10.6. The van der Waals surface area contributed by atoms with Crippen LogP contribution in [0.2, 0.25) is 0 Å². The monoisotopic (exact) mass is 508 g/mol. The van der Waals surface area contributed by atoms with Crippen LogP contribution in [0.1, 0.15) is 45.4 Å². The molecule has 0 saturated carbocycles. The first kappa shape index (κ1) is 24.1. The number of halogens is 2. The molecule has 1 saturated heterocycles. The Balaban J connectivity index is 1.10. The van der Waals surface area contributed by atoms with Crippen molar-refractivity contribution in [2.45, 2.75) is 31.6 Å². The van der Waals surface area contributed by atoms with Gasteiger partial charge in [-0.3, -0.25) is 9.59 Å². The van der Waals surface area contributed by atoms with E-state index in [1.54, 1.807) is 23.6 Å². The molecule has 4 aromatic rings. The highest BCUT2D eigenvalue weighted by atomic mass is 32.1. The van der Waals surface area contributed by atoms with Crippen molar-refractivity contribution < 1.29 is 18.4 Å². The van der Waals surface area contributed by atoms with Crippen molar-refractivity contribution in [3.05, 3.63) is 87.5 Å². The van der Waals surface area contributed by atoms with E-state index in [0.29, 0.717) is 31.7 Å². The van der Waals surface area contributed by atoms with Crippen molar-refractivity contribution in [1.82, 2.24) is 20.2 Å². The number of aromatic amines is 1. The van der Waals surface area contributed by atoms with Gasteiger partial charge < -0.3 is 15.2 Å². The number of fused-ring (bicyclic) bond motifs is 1. The highest BCUT2D eigenvalue weighted by Gasteiger charge is 2.26. The molecule has 9 heteroatoms. The molecule has 186 valence electrons. The van der Waals surface area contributed by atoms with Gasteiger partial charge in [-0.2, -0.15) is 0 Å². The number of hydrogen-bond acceptors (Lipinski definition) is 4. The third-order valence-electron chi connectivity index (χ3n) is 6.63. The Morgan fingerprint density at radius 1 is 1.08 bits per heavy atom. The van der Waals surface area contributed by atoms with E-state index < -0.39 is 0 Å². The first-order valence-electron chi connectivity index (χ1n) is 12.0. The van der Waals surface area contributed by atoms with Crippen molar-refractivity contribution >= 4 is 34.1 Å². The lowest BCUT2D eigenvalue weighted by molar-refractivity contribution is -0.131. The molecule has 0 atom stereocenters. The summed E-state index contributed by atoms with van der Waals surface area (Å²) in [6, 6.07) is 10.6. The number of nitrogens with zero attached hydrogens (tertiary/aromatic N) is 2. The summed E-state index contributed by atoms with van der Waals surface area (Å²) in [4.78, 5) is 34.8. The minimum atomic E-state index is -0.311. The third kappa shape index (κ3) is 5.46. The molecule has 1 aliphatic heterocycles. The SMILES string of the molecule is O=C(NCCc1c[nH]c2ccc(F)cc12)c1csc(C2CCN(C(=O)Cc3ccc(F)cc3)CC2)n1. The highest BCUT2D eigenvalue weighted by molar-refractivity contribution is 7.09. The first-order chi connectivity index (χ1) is 17.5. The van der Waals surface area contributed by atoms with Gasteiger partial charge in [-0.25, -0.2) is 13.8 Å². The Labute approximate surface area is 211 Å². The normalized spacial score (nSPS) is 14.3. The maximum absolute atomic E-state index is 13.6. The van der Waals surface area contributed by atoms with E-state index in [1.165, 1.54) is 35.6 Å². The smallest absolute Gasteiger partial charge is 0.270 e. The molecule has 0 spiro atoms. The van der Waals surface area contributed by atoms with Gasteiger partial charge in [0.15, 0.2) is 0 Å². The number of carbonyl (C=O) groups excluding carboxylic acids is 2. The summed E-state index contributed by atoms with van der Waals surface area (Å²) >= 11 is 1.48. The largest absolute Gasteiger partial charge is 0.361 e. The third-order valence-corrected chi connectivity index (χ3v) is 7.64. The second-order valence-corrected chi connectivity index (χ2v) is 9.93. The fraction of sp³-hybridized carbons (Fsp3) is 0.296. The van der Waals surface area contributed by atoms with Gasteiger partial charge in [0, 0.05) is 48.0 Å². The van der Waals surface area contributed by atoms with E-state index in [0.717, 1.165) is 39.9 Å². The first-order valence-corrected chi connectivity index (χ1v) is 12.9. The Morgan fingerprint density at radius 2 is 1.83 bits per heavy atom. The summed E-state index contributed by atoms with van der Waals surface area (Å²) in [5.41, 5.74) is 3.01. The Bertz CT molecular complexity index is 1370. The van der Waals surface area contributed by atoms with Crippen LogP contribution in [0.5, 0.6) is 0 Å². The van der Waals surface area contributed by atoms with Crippen LogP contribution >= 0.6 is 11.3 Å². The average molecular weight is 509 g/mol. The van der Waals surface area contributed by atoms with Crippen molar-refractivity contribution in [3.63, 3.8) is 0 Å². The minimum Gasteiger partial charge on any atom is -0.361 e. The van der Waals surface area contributed by atoms with Gasteiger partial charge in [-0.1, -0.05) is 12.1 Å². The maximum Gasteiger partial charge on any atom is 0.270 e. The Hall–Kier alpha value is -3.59. The molecule has 5 rings (SSSR count). The molecule has 2 amide bonds. The zero-order chi connectivity index (χ0) is 25.1. The predicted octanol–water partition coefficient (Wildman–Crippen LogP) is 4.82. The van der Waals surface area contributed by atoms with E-state index in [4.69, 9.17) is 0 Å². The number of rotatable bonds is 7. The molecule has 0 bridgehead atoms. The van der Waals surface area contributed by atoms with E-state index in [9.17, 15) is 18.4 Å². The molecular formula is C27H26F2N4O2S. The van der Waals surface area contributed by atoms with Gasteiger partial charge in [0.05, 0.1) is 11.4 Å². The van der Waals surface area contributed by atoms with Crippen LogP contribution in [0, 0.1) is 11.6 Å². The fourth-order valence-corrected chi connectivity index (χ4v) is 5.57. The molecule has 2 aromatic heterocycles. The summed E-state index contributed by atoms with van der Waals surface area (Å²) in [6.07, 6.45) is 4.27. The summed E-state index contributed by atoms with van der Waals surface area (Å²) in [5, 5.41) is 6.41. The van der Waals surface area contributed by atoms with Gasteiger partial charge in [0.25, 0.3) is 5.91 Å². The van der Waals surface area contributed by atoms with E-state index in [2.05, 4.69) is 15.3 Å². The van der Waals surface area contributed by atoms with Crippen molar-refractivity contribution in [3.8, 4) is 0 Å². The number of amides is 2. The van der Waals surface area contributed by atoms with Crippen LogP contribution in [0.25, 0.3) is 10.9 Å². The van der Waals surface area contributed by atoms with Crippen LogP contribution < -0.4 is 5.32 Å². The molecule has 2 N–H and O–H groups in total. The number of thiazole rings is 1. The van der Waals surface area contributed by atoms with Crippen molar-refractivity contribution in [1.29, 1.82) is 0 Å². The van der Waals surface area contributed by atoms with E-state index >= 15 is 0 Å². The summed E-state index contributed by atoms with van der Waals surface area (Å²) < 4.78 is 26.6. The lowest BCUT2D eigenvalue weighted by Gasteiger charge is -2.31. The molecule has 2 aromatic carbocycles. The van der Waals surface area contributed by atoms with Crippen molar-refractivity contribution in [2.24, 2.45) is 0 Å².